The van der Waals surface area contributed by atoms with E-state index in [1.165, 1.54) is 0 Å². The quantitative estimate of drug-likeness (QED) is 0.675. The Hall–Kier alpha value is -0.990. The maximum absolute atomic E-state index is 12.0. The van der Waals surface area contributed by atoms with Gasteiger partial charge in [-0.2, -0.15) is 0 Å². The number of ether oxygens (including phenoxy) is 1. The molecular formula is C13H23NO2. The first kappa shape index (κ1) is 13.1. The zero-order valence-corrected chi connectivity index (χ0v) is 10.8. The van der Waals surface area contributed by atoms with Crippen LogP contribution in [0.2, 0.25) is 0 Å². The Morgan fingerprint density at radius 1 is 1.56 bits per heavy atom. The van der Waals surface area contributed by atoms with Gasteiger partial charge in [-0.05, 0) is 39.5 Å². The van der Waals surface area contributed by atoms with Gasteiger partial charge in [0, 0.05) is 12.6 Å². The first-order valence-electron chi connectivity index (χ1n) is 5.97. The van der Waals surface area contributed by atoms with Gasteiger partial charge >= 0.3 is 6.09 Å². The lowest BCUT2D eigenvalue weighted by Gasteiger charge is -2.30. The van der Waals surface area contributed by atoms with E-state index in [-0.39, 0.29) is 12.1 Å². The molecule has 0 saturated carbocycles. The lowest BCUT2D eigenvalue weighted by Crippen LogP contribution is -2.42. The van der Waals surface area contributed by atoms with Crippen molar-refractivity contribution in [2.75, 3.05) is 6.54 Å². The molecule has 0 aliphatic carbocycles. The molecule has 1 saturated heterocycles. The van der Waals surface area contributed by atoms with Crippen molar-refractivity contribution in [2.45, 2.75) is 52.2 Å². The predicted molar refractivity (Wildman–Crippen MR) is 65.3 cm³/mol. The molecule has 1 aliphatic rings. The largest absolute Gasteiger partial charge is 0.444 e. The monoisotopic (exact) mass is 225 g/mol. The zero-order chi connectivity index (χ0) is 12.3. The molecule has 2 atom stereocenters. The smallest absolute Gasteiger partial charge is 0.410 e. The number of hydrogen-bond acceptors (Lipinski definition) is 2. The number of likely N-dealkylation sites (tertiary alicyclic amines) is 1. The summed E-state index contributed by atoms with van der Waals surface area (Å²) in [5, 5.41) is 0. The third-order valence-corrected chi connectivity index (χ3v) is 2.91. The van der Waals surface area contributed by atoms with E-state index in [2.05, 4.69) is 13.5 Å². The van der Waals surface area contributed by atoms with Crippen LogP contribution in [0.4, 0.5) is 4.79 Å². The number of rotatable bonds is 2. The Balaban J connectivity index is 2.64. The van der Waals surface area contributed by atoms with Crippen molar-refractivity contribution >= 4 is 6.09 Å². The fourth-order valence-electron chi connectivity index (χ4n) is 2.04. The van der Waals surface area contributed by atoms with Crippen LogP contribution in [0, 0.1) is 5.92 Å². The van der Waals surface area contributed by atoms with Crippen LogP contribution >= 0.6 is 0 Å². The summed E-state index contributed by atoms with van der Waals surface area (Å²) in [4.78, 5) is 13.8. The molecule has 0 radical (unpaired) electrons. The van der Waals surface area contributed by atoms with Crippen molar-refractivity contribution in [3.63, 3.8) is 0 Å². The Labute approximate surface area is 98.5 Å². The maximum Gasteiger partial charge on any atom is 0.410 e. The molecule has 16 heavy (non-hydrogen) atoms. The summed E-state index contributed by atoms with van der Waals surface area (Å²) >= 11 is 0. The highest BCUT2D eigenvalue weighted by atomic mass is 16.6. The van der Waals surface area contributed by atoms with Crippen molar-refractivity contribution in [2.24, 2.45) is 5.92 Å². The summed E-state index contributed by atoms with van der Waals surface area (Å²) in [6.07, 6.45) is 3.82. The van der Waals surface area contributed by atoms with Gasteiger partial charge in [0.25, 0.3) is 0 Å². The number of hydrogen-bond donors (Lipinski definition) is 0. The molecule has 0 N–H and O–H groups in total. The highest BCUT2D eigenvalue weighted by Crippen LogP contribution is 2.26. The van der Waals surface area contributed by atoms with E-state index in [9.17, 15) is 4.79 Å². The minimum Gasteiger partial charge on any atom is -0.444 e. The number of carbonyl (C=O) groups is 1. The molecule has 1 amide bonds. The van der Waals surface area contributed by atoms with E-state index in [4.69, 9.17) is 4.74 Å². The van der Waals surface area contributed by atoms with E-state index >= 15 is 0 Å². The molecule has 0 aromatic rings. The molecular weight excluding hydrogens is 202 g/mol. The standard InChI is InChI=1S/C13H23NO2/c1-6-10(2)11-8-7-9-14(11)12(15)16-13(3,4)5/h6,10-11H,1,7-9H2,2-5H3. The van der Waals surface area contributed by atoms with Crippen LogP contribution in [0.5, 0.6) is 0 Å². The van der Waals surface area contributed by atoms with Gasteiger partial charge in [-0.25, -0.2) is 4.79 Å². The third kappa shape index (κ3) is 3.26. The Bertz CT molecular complexity index is 268. The van der Waals surface area contributed by atoms with E-state index in [1.807, 2.05) is 31.7 Å². The predicted octanol–water partition coefficient (Wildman–Crippen LogP) is 3.21. The van der Waals surface area contributed by atoms with Gasteiger partial charge in [-0.3, -0.25) is 0 Å². The third-order valence-electron chi connectivity index (χ3n) is 2.91. The summed E-state index contributed by atoms with van der Waals surface area (Å²) in [6, 6.07) is 0.257. The van der Waals surface area contributed by atoms with Crippen molar-refractivity contribution < 1.29 is 9.53 Å². The lowest BCUT2D eigenvalue weighted by atomic mass is 10.0. The SMILES string of the molecule is C=CC(C)C1CCCN1C(=O)OC(C)(C)C. The van der Waals surface area contributed by atoms with E-state index in [0.717, 1.165) is 19.4 Å². The number of carbonyl (C=O) groups excluding carboxylic acids is 1. The minimum absolute atomic E-state index is 0.191. The van der Waals surface area contributed by atoms with Gasteiger partial charge in [0.05, 0.1) is 0 Å². The second-order valence-corrected chi connectivity index (χ2v) is 5.48. The van der Waals surface area contributed by atoms with Gasteiger partial charge in [-0.1, -0.05) is 13.0 Å². The van der Waals surface area contributed by atoms with E-state index in [1.54, 1.807) is 0 Å². The highest BCUT2D eigenvalue weighted by molar-refractivity contribution is 5.69. The van der Waals surface area contributed by atoms with Crippen molar-refractivity contribution in [3.05, 3.63) is 12.7 Å². The molecule has 92 valence electrons. The van der Waals surface area contributed by atoms with Crippen molar-refractivity contribution in [1.29, 1.82) is 0 Å². The van der Waals surface area contributed by atoms with Gasteiger partial charge < -0.3 is 9.64 Å². The van der Waals surface area contributed by atoms with Gasteiger partial charge in [0.1, 0.15) is 5.60 Å². The van der Waals surface area contributed by atoms with E-state index in [0.29, 0.717) is 5.92 Å². The number of amides is 1. The van der Waals surface area contributed by atoms with Gasteiger partial charge in [-0.15, -0.1) is 6.58 Å². The Kier molecular flexibility index (Phi) is 4.00. The molecule has 0 bridgehead atoms. The van der Waals surface area contributed by atoms with E-state index < -0.39 is 5.60 Å². The normalized spacial score (nSPS) is 23.0. The molecule has 3 heteroatoms. The molecule has 3 nitrogen and oxygen atoms in total. The highest BCUT2D eigenvalue weighted by Gasteiger charge is 2.34. The average Bonchev–Trinajstić information content (AvgIpc) is 2.62. The fourth-order valence-corrected chi connectivity index (χ4v) is 2.04. The Morgan fingerprint density at radius 2 is 2.19 bits per heavy atom. The molecule has 2 unspecified atom stereocenters. The van der Waals surface area contributed by atoms with Crippen LogP contribution in [0.15, 0.2) is 12.7 Å². The summed E-state index contributed by atoms with van der Waals surface area (Å²) in [5.41, 5.74) is -0.415. The van der Waals surface area contributed by atoms with Crippen molar-refractivity contribution in [1.82, 2.24) is 4.90 Å². The van der Waals surface area contributed by atoms with Crippen LogP contribution in [0.25, 0.3) is 0 Å². The fraction of sp³-hybridized carbons (Fsp3) is 0.769. The van der Waals surface area contributed by atoms with Crippen LogP contribution in [-0.4, -0.2) is 29.2 Å². The second-order valence-electron chi connectivity index (χ2n) is 5.48. The lowest BCUT2D eigenvalue weighted by molar-refractivity contribution is 0.0200. The van der Waals surface area contributed by atoms with Crippen LogP contribution < -0.4 is 0 Å². The summed E-state index contributed by atoms with van der Waals surface area (Å²) < 4.78 is 5.40. The van der Waals surface area contributed by atoms with Gasteiger partial charge in [0.15, 0.2) is 0 Å². The first-order chi connectivity index (χ1) is 7.35. The van der Waals surface area contributed by atoms with Gasteiger partial charge in [0.2, 0.25) is 0 Å². The summed E-state index contributed by atoms with van der Waals surface area (Å²) in [5.74, 6) is 0.329. The molecule has 1 aliphatic heterocycles. The summed E-state index contributed by atoms with van der Waals surface area (Å²) in [7, 11) is 0. The molecule has 1 rings (SSSR count). The molecule has 0 aromatic carbocycles. The second kappa shape index (κ2) is 4.89. The number of nitrogens with zero attached hydrogens (tertiary/aromatic N) is 1. The first-order valence-corrected chi connectivity index (χ1v) is 5.97. The van der Waals surface area contributed by atoms with Crippen LogP contribution in [0.3, 0.4) is 0 Å². The molecule has 0 aromatic heterocycles. The van der Waals surface area contributed by atoms with Crippen LogP contribution in [0.1, 0.15) is 40.5 Å². The zero-order valence-electron chi connectivity index (χ0n) is 10.8. The van der Waals surface area contributed by atoms with Crippen molar-refractivity contribution in [3.8, 4) is 0 Å². The molecule has 1 fully saturated rings. The molecule has 0 spiro atoms. The minimum atomic E-state index is -0.415. The molecule has 1 heterocycles. The van der Waals surface area contributed by atoms with Crippen LogP contribution in [-0.2, 0) is 4.74 Å². The average molecular weight is 225 g/mol. The Morgan fingerprint density at radius 3 is 2.69 bits per heavy atom. The summed E-state index contributed by atoms with van der Waals surface area (Å²) in [6.45, 7) is 12.4. The topological polar surface area (TPSA) is 29.5 Å². The maximum atomic E-state index is 12.0.